The topological polar surface area (TPSA) is 58.6 Å². The van der Waals surface area contributed by atoms with E-state index in [1.807, 2.05) is 44.2 Å². The maximum atomic E-state index is 12.3. The second-order valence-corrected chi connectivity index (χ2v) is 7.47. The Hall–Kier alpha value is -1.85. The van der Waals surface area contributed by atoms with Crippen molar-refractivity contribution in [1.82, 2.24) is 5.32 Å². The highest BCUT2D eigenvalue weighted by Gasteiger charge is 2.15. The number of ether oxygens (including phenoxy) is 1. The number of hydrogen-bond donors (Lipinski definition) is 2. The van der Waals surface area contributed by atoms with E-state index in [0.29, 0.717) is 17.8 Å². The van der Waals surface area contributed by atoms with Crippen LogP contribution < -0.4 is 10.1 Å². The van der Waals surface area contributed by atoms with Gasteiger partial charge in [-0.1, -0.05) is 19.1 Å². The Balaban J connectivity index is 2.05. The van der Waals surface area contributed by atoms with Gasteiger partial charge in [0, 0.05) is 11.4 Å². The van der Waals surface area contributed by atoms with E-state index >= 15 is 0 Å². The van der Waals surface area contributed by atoms with Crippen molar-refractivity contribution < 1.29 is 14.6 Å². The van der Waals surface area contributed by atoms with Gasteiger partial charge in [-0.2, -0.15) is 0 Å². The Morgan fingerprint density at radius 2 is 1.96 bits per heavy atom. The number of aliphatic hydroxyl groups excluding tert-OH is 1. The normalized spacial score (nSPS) is 13.4. The van der Waals surface area contributed by atoms with Crippen molar-refractivity contribution in [1.29, 1.82) is 0 Å². The number of aliphatic hydroxyl groups is 1. The number of amides is 1. The first kappa shape index (κ1) is 18.5. The first-order chi connectivity index (χ1) is 11.4. The van der Waals surface area contributed by atoms with Crippen molar-refractivity contribution >= 4 is 17.2 Å². The molecule has 2 rings (SSSR count). The molecule has 0 saturated heterocycles. The lowest BCUT2D eigenvalue weighted by atomic mass is 10.0. The minimum Gasteiger partial charge on any atom is -0.497 e. The predicted octanol–water partition coefficient (Wildman–Crippen LogP) is 3.87. The zero-order valence-corrected chi connectivity index (χ0v) is 15.4. The molecule has 2 unspecified atom stereocenters. The molecule has 0 aliphatic heterocycles. The first-order valence-corrected chi connectivity index (χ1v) is 8.93. The monoisotopic (exact) mass is 347 g/mol. The molecule has 1 aromatic carbocycles. The summed E-state index contributed by atoms with van der Waals surface area (Å²) in [5.74, 6) is 1.01. The third kappa shape index (κ3) is 4.82. The van der Waals surface area contributed by atoms with E-state index < -0.39 is 0 Å². The molecule has 24 heavy (non-hydrogen) atoms. The summed E-state index contributed by atoms with van der Waals surface area (Å²) in [5, 5.41) is 12.3. The average Bonchev–Trinajstić information content (AvgIpc) is 2.94. The molecule has 1 heterocycles. The van der Waals surface area contributed by atoms with Crippen molar-refractivity contribution in [2.45, 2.75) is 33.3 Å². The molecule has 0 radical (unpaired) electrons. The molecule has 4 nitrogen and oxygen atoms in total. The quantitative estimate of drug-likeness (QED) is 0.799. The smallest absolute Gasteiger partial charge is 0.261 e. The number of hydrogen-bond acceptors (Lipinski definition) is 4. The van der Waals surface area contributed by atoms with Gasteiger partial charge in [0.15, 0.2) is 0 Å². The third-order valence-electron chi connectivity index (χ3n) is 3.90. The van der Waals surface area contributed by atoms with E-state index in [0.717, 1.165) is 21.8 Å². The molecule has 2 N–H and O–H groups in total. The SMILES string of the molecule is COc1ccc(-c2cc(C(=O)NCC(C)CC(C)O)sc2C)cc1. The number of thiophene rings is 1. The molecule has 2 aromatic rings. The highest BCUT2D eigenvalue weighted by atomic mass is 32.1. The summed E-state index contributed by atoms with van der Waals surface area (Å²) in [6, 6.07) is 9.78. The molecule has 0 aliphatic rings. The molecule has 0 saturated carbocycles. The number of rotatable bonds is 7. The summed E-state index contributed by atoms with van der Waals surface area (Å²) in [6.45, 7) is 6.38. The molecule has 0 aliphatic carbocycles. The van der Waals surface area contributed by atoms with Crippen LogP contribution in [0.3, 0.4) is 0 Å². The lowest BCUT2D eigenvalue weighted by Crippen LogP contribution is -2.28. The van der Waals surface area contributed by atoms with Gasteiger partial charge >= 0.3 is 0 Å². The highest BCUT2D eigenvalue weighted by Crippen LogP contribution is 2.32. The fourth-order valence-electron chi connectivity index (χ4n) is 2.67. The number of carbonyl (C=O) groups excluding carboxylic acids is 1. The zero-order valence-electron chi connectivity index (χ0n) is 14.6. The van der Waals surface area contributed by atoms with Crippen LogP contribution in [0.5, 0.6) is 5.75 Å². The maximum Gasteiger partial charge on any atom is 0.261 e. The maximum absolute atomic E-state index is 12.3. The van der Waals surface area contributed by atoms with E-state index in [2.05, 4.69) is 5.32 Å². The number of benzene rings is 1. The highest BCUT2D eigenvalue weighted by molar-refractivity contribution is 7.14. The number of methoxy groups -OCH3 is 1. The molecular weight excluding hydrogens is 322 g/mol. The van der Waals surface area contributed by atoms with Crippen molar-refractivity contribution in [3.63, 3.8) is 0 Å². The lowest BCUT2D eigenvalue weighted by molar-refractivity contribution is 0.0943. The summed E-state index contributed by atoms with van der Waals surface area (Å²) >= 11 is 1.50. The Morgan fingerprint density at radius 1 is 1.29 bits per heavy atom. The lowest BCUT2D eigenvalue weighted by Gasteiger charge is -2.13. The van der Waals surface area contributed by atoms with Crippen LogP contribution in [0.2, 0.25) is 0 Å². The van der Waals surface area contributed by atoms with Crippen LogP contribution in [0.25, 0.3) is 11.1 Å². The first-order valence-electron chi connectivity index (χ1n) is 8.11. The van der Waals surface area contributed by atoms with Crippen molar-refractivity contribution in [2.24, 2.45) is 5.92 Å². The molecule has 0 bridgehead atoms. The predicted molar refractivity (Wildman–Crippen MR) is 98.8 cm³/mol. The Bertz CT molecular complexity index is 676. The van der Waals surface area contributed by atoms with E-state index in [1.54, 1.807) is 14.0 Å². The van der Waals surface area contributed by atoms with Crippen LogP contribution in [0.4, 0.5) is 0 Å². The van der Waals surface area contributed by atoms with Crippen LogP contribution >= 0.6 is 11.3 Å². The molecule has 0 fully saturated rings. The largest absolute Gasteiger partial charge is 0.497 e. The second-order valence-electron chi connectivity index (χ2n) is 6.21. The summed E-state index contributed by atoms with van der Waals surface area (Å²) < 4.78 is 5.18. The fraction of sp³-hybridized carbons (Fsp3) is 0.421. The Morgan fingerprint density at radius 3 is 2.54 bits per heavy atom. The minimum atomic E-state index is -0.345. The minimum absolute atomic E-state index is 0.0553. The summed E-state index contributed by atoms with van der Waals surface area (Å²) in [6.07, 6.45) is 0.337. The van der Waals surface area contributed by atoms with Crippen molar-refractivity contribution in [3.8, 4) is 16.9 Å². The second kappa shape index (κ2) is 8.31. The van der Waals surface area contributed by atoms with Crippen molar-refractivity contribution in [2.75, 3.05) is 13.7 Å². The van der Waals surface area contributed by atoms with Crippen LogP contribution in [-0.4, -0.2) is 30.8 Å². The van der Waals surface area contributed by atoms with Gasteiger partial charge in [-0.25, -0.2) is 0 Å². The summed E-state index contributed by atoms with van der Waals surface area (Å²) in [4.78, 5) is 14.2. The molecular formula is C19H25NO3S. The Kier molecular flexibility index (Phi) is 6.40. The van der Waals surface area contributed by atoms with Gasteiger partial charge in [-0.3, -0.25) is 4.79 Å². The van der Waals surface area contributed by atoms with E-state index in [4.69, 9.17) is 4.74 Å². The molecule has 130 valence electrons. The van der Waals surface area contributed by atoms with Crippen LogP contribution in [-0.2, 0) is 0 Å². The van der Waals surface area contributed by atoms with Crippen molar-refractivity contribution in [3.05, 3.63) is 40.1 Å². The van der Waals surface area contributed by atoms with E-state index in [-0.39, 0.29) is 17.9 Å². The number of carbonyl (C=O) groups is 1. The van der Waals surface area contributed by atoms with E-state index in [1.165, 1.54) is 11.3 Å². The number of aryl methyl sites for hydroxylation is 1. The number of nitrogens with one attached hydrogen (secondary N) is 1. The van der Waals surface area contributed by atoms with Crippen LogP contribution in [0, 0.1) is 12.8 Å². The van der Waals surface area contributed by atoms with Gasteiger partial charge in [0.1, 0.15) is 5.75 Å². The summed E-state index contributed by atoms with van der Waals surface area (Å²) in [5.41, 5.74) is 2.15. The van der Waals surface area contributed by atoms with Crippen LogP contribution in [0.1, 0.15) is 34.8 Å². The standard InChI is InChI=1S/C19H25NO3S/c1-12(9-13(2)21)11-20-19(22)18-10-17(14(3)24-18)15-5-7-16(23-4)8-6-15/h5-8,10,12-13,21H,9,11H2,1-4H3,(H,20,22). The van der Waals surface area contributed by atoms with Gasteiger partial charge < -0.3 is 15.2 Å². The van der Waals surface area contributed by atoms with Gasteiger partial charge in [0.25, 0.3) is 5.91 Å². The van der Waals surface area contributed by atoms with Gasteiger partial charge in [-0.05, 0) is 55.5 Å². The van der Waals surface area contributed by atoms with E-state index in [9.17, 15) is 9.90 Å². The Labute approximate surface area is 147 Å². The van der Waals surface area contributed by atoms with Gasteiger partial charge in [-0.15, -0.1) is 11.3 Å². The molecule has 5 heteroatoms. The van der Waals surface area contributed by atoms with Gasteiger partial charge in [0.05, 0.1) is 18.1 Å². The summed E-state index contributed by atoms with van der Waals surface area (Å²) in [7, 11) is 1.64. The molecule has 1 amide bonds. The molecule has 0 spiro atoms. The van der Waals surface area contributed by atoms with Gasteiger partial charge in [0.2, 0.25) is 0 Å². The third-order valence-corrected chi connectivity index (χ3v) is 4.95. The fourth-order valence-corrected chi connectivity index (χ4v) is 3.63. The van der Waals surface area contributed by atoms with Crippen LogP contribution in [0.15, 0.2) is 30.3 Å². The molecule has 2 atom stereocenters. The zero-order chi connectivity index (χ0) is 17.7. The average molecular weight is 347 g/mol. The molecule has 1 aromatic heterocycles.